The molecule has 1 aromatic rings. The maximum absolute atomic E-state index is 13.2. The molecule has 102 valence electrons. The van der Waals surface area contributed by atoms with Crippen molar-refractivity contribution in [3.05, 3.63) is 18.2 Å². The SMILES string of the molecule is FC(F)(Br)C(F)(F)Sc1cccc(SCl)c1SCl. The number of thioether (sulfide) groups is 1. The normalized spacial score (nSPS) is 12.8. The smallest absolute Gasteiger partial charge is 0.186 e. The van der Waals surface area contributed by atoms with Gasteiger partial charge in [0, 0.05) is 9.79 Å². The fourth-order valence-corrected chi connectivity index (χ4v) is 4.35. The van der Waals surface area contributed by atoms with Gasteiger partial charge in [-0.25, -0.2) is 0 Å². The molecule has 0 nitrogen and oxygen atoms in total. The quantitative estimate of drug-likeness (QED) is 0.290. The minimum atomic E-state index is -4.32. The third-order valence-corrected chi connectivity index (χ3v) is 5.83. The number of halogens is 7. The molecular formula is C8H3BrCl2F4S3. The standard InChI is InChI=1S/C8H3BrCl2F4S3/c9-7(12,13)8(14,15)16-4-2-1-3-5(17-10)6(4)18-11/h1-3H. The van der Waals surface area contributed by atoms with Gasteiger partial charge in [-0.05, 0) is 83.1 Å². The van der Waals surface area contributed by atoms with Crippen molar-refractivity contribution in [3.63, 3.8) is 0 Å². The van der Waals surface area contributed by atoms with E-state index < -0.39 is 10.1 Å². The molecule has 0 aliphatic carbocycles. The van der Waals surface area contributed by atoms with E-state index in [9.17, 15) is 17.6 Å². The summed E-state index contributed by atoms with van der Waals surface area (Å²) in [6.45, 7) is 0. The van der Waals surface area contributed by atoms with Gasteiger partial charge in [0.2, 0.25) is 0 Å². The zero-order valence-electron chi connectivity index (χ0n) is 8.10. The van der Waals surface area contributed by atoms with E-state index in [0.717, 1.165) is 11.0 Å². The van der Waals surface area contributed by atoms with Crippen LogP contribution < -0.4 is 0 Å². The Labute approximate surface area is 131 Å². The van der Waals surface area contributed by atoms with Crippen LogP contribution in [0.4, 0.5) is 17.6 Å². The van der Waals surface area contributed by atoms with Gasteiger partial charge >= 0.3 is 10.1 Å². The van der Waals surface area contributed by atoms with Crippen molar-refractivity contribution in [3.8, 4) is 0 Å². The molecular weight excluding hydrogens is 419 g/mol. The third-order valence-electron chi connectivity index (χ3n) is 1.67. The molecule has 0 saturated carbocycles. The highest BCUT2D eigenvalue weighted by atomic mass is 79.9. The van der Waals surface area contributed by atoms with Crippen LogP contribution in [-0.4, -0.2) is 10.1 Å². The monoisotopic (exact) mass is 420 g/mol. The Bertz CT molecular complexity index is 427. The number of hydrogen-bond donors (Lipinski definition) is 0. The van der Waals surface area contributed by atoms with E-state index in [4.69, 9.17) is 21.4 Å². The summed E-state index contributed by atoms with van der Waals surface area (Å²) >= 11 is 1.39. The van der Waals surface area contributed by atoms with Gasteiger partial charge in [-0.1, -0.05) is 6.07 Å². The van der Waals surface area contributed by atoms with Gasteiger partial charge in [-0.15, -0.1) is 0 Å². The Kier molecular flexibility index (Phi) is 6.34. The predicted octanol–water partition coefficient (Wildman–Crippen LogP) is 6.85. The van der Waals surface area contributed by atoms with Crippen LogP contribution in [0.15, 0.2) is 32.9 Å². The van der Waals surface area contributed by atoms with Gasteiger partial charge in [0.25, 0.3) is 0 Å². The van der Waals surface area contributed by atoms with E-state index in [1.807, 2.05) is 0 Å². The number of alkyl halides is 5. The van der Waals surface area contributed by atoms with Crippen molar-refractivity contribution in [1.29, 1.82) is 0 Å². The summed E-state index contributed by atoms with van der Waals surface area (Å²) in [5.74, 6) is 0. The highest BCUT2D eigenvalue weighted by Gasteiger charge is 2.55. The molecule has 0 bridgehead atoms. The molecule has 0 spiro atoms. The second kappa shape index (κ2) is 6.67. The summed E-state index contributed by atoms with van der Waals surface area (Å²) in [5.41, 5.74) is 0. The predicted molar refractivity (Wildman–Crippen MR) is 74.5 cm³/mol. The summed E-state index contributed by atoms with van der Waals surface area (Å²) in [7, 11) is 12.5. The van der Waals surface area contributed by atoms with E-state index in [1.54, 1.807) is 22.0 Å². The second-order valence-corrected chi connectivity index (χ2v) is 7.09. The fourth-order valence-electron chi connectivity index (χ4n) is 0.909. The van der Waals surface area contributed by atoms with Crippen molar-refractivity contribution in [2.75, 3.05) is 0 Å². The van der Waals surface area contributed by atoms with Crippen LogP contribution in [0.1, 0.15) is 0 Å². The van der Waals surface area contributed by atoms with E-state index in [2.05, 4.69) is 0 Å². The van der Waals surface area contributed by atoms with Gasteiger partial charge in [-0.2, -0.15) is 17.6 Å². The molecule has 0 radical (unpaired) electrons. The van der Waals surface area contributed by atoms with Crippen molar-refractivity contribution in [2.24, 2.45) is 0 Å². The molecule has 0 unspecified atom stereocenters. The molecule has 0 heterocycles. The van der Waals surface area contributed by atoms with E-state index in [1.165, 1.54) is 12.1 Å². The lowest BCUT2D eigenvalue weighted by Crippen LogP contribution is -2.31. The minimum Gasteiger partial charge on any atom is -0.186 e. The maximum atomic E-state index is 13.2. The largest absolute Gasteiger partial charge is 0.373 e. The molecule has 0 saturated heterocycles. The summed E-state index contributed by atoms with van der Waals surface area (Å²) in [6.07, 6.45) is 0. The number of rotatable bonds is 5. The van der Waals surface area contributed by atoms with Gasteiger partial charge < -0.3 is 0 Å². The Hall–Kier alpha value is 1.05. The molecule has 0 amide bonds. The van der Waals surface area contributed by atoms with Crippen LogP contribution in [0.5, 0.6) is 0 Å². The third kappa shape index (κ3) is 4.02. The summed E-state index contributed by atoms with van der Waals surface area (Å²) in [6, 6.07) is 4.27. The number of hydrogen-bond acceptors (Lipinski definition) is 3. The van der Waals surface area contributed by atoms with E-state index in [0.29, 0.717) is 15.9 Å². The van der Waals surface area contributed by atoms with Crippen LogP contribution in [0.25, 0.3) is 0 Å². The highest BCUT2D eigenvalue weighted by molar-refractivity contribution is 9.10. The molecule has 0 aliphatic heterocycles. The molecule has 0 aliphatic rings. The molecule has 0 aromatic heterocycles. The zero-order chi connectivity index (χ0) is 14.0. The average Bonchev–Trinajstić information content (AvgIpc) is 2.26. The Balaban J connectivity index is 3.12. The molecule has 1 rings (SSSR count). The summed E-state index contributed by atoms with van der Waals surface area (Å²) in [4.78, 5) is -3.73. The van der Waals surface area contributed by atoms with Crippen molar-refractivity contribution < 1.29 is 17.6 Å². The van der Waals surface area contributed by atoms with Gasteiger partial charge in [0.05, 0.1) is 4.90 Å². The minimum absolute atomic E-state index is 0.0650. The average molecular weight is 422 g/mol. The van der Waals surface area contributed by atoms with Crippen molar-refractivity contribution in [1.82, 2.24) is 0 Å². The van der Waals surface area contributed by atoms with Crippen LogP contribution in [-0.2, 0) is 0 Å². The van der Waals surface area contributed by atoms with E-state index in [-0.39, 0.29) is 21.6 Å². The highest BCUT2D eigenvalue weighted by Crippen LogP contribution is 2.53. The van der Waals surface area contributed by atoms with Gasteiger partial charge in [0.1, 0.15) is 0 Å². The fraction of sp³-hybridized carbons (Fsp3) is 0.250. The first-order valence-corrected chi connectivity index (χ1v) is 8.96. The molecule has 0 atom stereocenters. The van der Waals surface area contributed by atoms with Gasteiger partial charge in [0.15, 0.2) is 0 Å². The second-order valence-electron chi connectivity index (χ2n) is 2.85. The molecule has 1 aromatic carbocycles. The molecule has 0 N–H and O–H groups in total. The first-order chi connectivity index (χ1) is 8.23. The lowest BCUT2D eigenvalue weighted by molar-refractivity contribution is -0.0780. The Morgan fingerprint density at radius 2 is 1.56 bits per heavy atom. The van der Waals surface area contributed by atoms with Crippen molar-refractivity contribution >= 4 is 71.0 Å². The molecule has 10 heteroatoms. The van der Waals surface area contributed by atoms with Crippen LogP contribution >= 0.6 is 71.0 Å². The Morgan fingerprint density at radius 3 is 2.00 bits per heavy atom. The van der Waals surface area contributed by atoms with Crippen LogP contribution in [0.2, 0.25) is 0 Å². The summed E-state index contributed by atoms with van der Waals surface area (Å²) in [5, 5.41) is -4.30. The molecule has 0 fully saturated rings. The lowest BCUT2D eigenvalue weighted by Gasteiger charge is -2.21. The zero-order valence-corrected chi connectivity index (χ0v) is 13.6. The Morgan fingerprint density at radius 1 is 1.00 bits per heavy atom. The maximum Gasteiger partial charge on any atom is 0.373 e. The molecule has 18 heavy (non-hydrogen) atoms. The lowest BCUT2D eigenvalue weighted by atomic mass is 10.4. The van der Waals surface area contributed by atoms with E-state index >= 15 is 0 Å². The van der Waals surface area contributed by atoms with Crippen LogP contribution in [0, 0.1) is 0 Å². The van der Waals surface area contributed by atoms with Crippen LogP contribution in [0.3, 0.4) is 0 Å². The first kappa shape index (κ1) is 17.1. The summed E-state index contributed by atoms with van der Waals surface area (Å²) < 4.78 is 51.8. The van der Waals surface area contributed by atoms with Crippen molar-refractivity contribution in [2.45, 2.75) is 24.8 Å². The number of benzene rings is 1. The van der Waals surface area contributed by atoms with Gasteiger partial charge in [-0.3, -0.25) is 0 Å². The topological polar surface area (TPSA) is 0 Å². The first-order valence-electron chi connectivity index (χ1n) is 4.06.